The third kappa shape index (κ3) is 3.81. The number of amides is 1. The monoisotopic (exact) mass is 373 g/mol. The Labute approximate surface area is 153 Å². The highest BCUT2D eigenvalue weighted by molar-refractivity contribution is 5.79. The van der Waals surface area contributed by atoms with Gasteiger partial charge in [-0.05, 0) is 31.5 Å². The van der Waals surface area contributed by atoms with Crippen molar-refractivity contribution in [1.29, 1.82) is 0 Å². The molecular formula is C18H20FN5O3. The predicted molar refractivity (Wildman–Crippen MR) is 98.0 cm³/mol. The van der Waals surface area contributed by atoms with Crippen molar-refractivity contribution in [3.8, 4) is 0 Å². The van der Waals surface area contributed by atoms with Crippen molar-refractivity contribution >= 4 is 16.9 Å². The van der Waals surface area contributed by atoms with E-state index in [2.05, 4.69) is 10.4 Å². The van der Waals surface area contributed by atoms with Gasteiger partial charge in [-0.2, -0.15) is 5.10 Å². The summed E-state index contributed by atoms with van der Waals surface area (Å²) in [7, 11) is 1.63. The van der Waals surface area contributed by atoms with Crippen molar-refractivity contribution in [2.45, 2.75) is 33.0 Å². The number of aromatic nitrogens is 4. The molecule has 3 rings (SSSR count). The standard InChI is InChI=1S/C18H20FN5O3/c1-11(2)20-15(25)10-23-14-9-22(3)21-16(14)17(26)24(18(23)27)8-12-4-6-13(19)7-5-12/h4-7,9,11H,8,10H2,1-3H3,(H,20,25). The summed E-state index contributed by atoms with van der Waals surface area (Å²) in [5, 5.41) is 6.86. The summed E-state index contributed by atoms with van der Waals surface area (Å²) >= 11 is 0. The number of hydrogen-bond donors (Lipinski definition) is 1. The van der Waals surface area contributed by atoms with E-state index in [-0.39, 0.29) is 30.6 Å². The largest absolute Gasteiger partial charge is 0.352 e. The van der Waals surface area contributed by atoms with Crippen LogP contribution in [0.4, 0.5) is 4.39 Å². The van der Waals surface area contributed by atoms with Crippen molar-refractivity contribution in [3.63, 3.8) is 0 Å². The molecule has 2 aromatic heterocycles. The van der Waals surface area contributed by atoms with Crippen LogP contribution in [0, 0.1) is 5.82 Å². The summed E-state index contributed by atoms with van der Waals surface area (Å²) in [6.07, 6.45) is 1.53. The van der Waals surface area contributed by atoms with Crippen LogP contribution in [0.5, 0.6) is 0 Å². The second-order valence-electron chi connectivity index (χ2n) is 6.65. The Morgan fingerprint density at radius 3 is 2.48 bits per heavy atom. The zero-order chi connectivity index (χ0) is 19.7. The number of nitrogens with one attached hydrogen (secondary N) is 1. The summed E-state index contributed by atoms with van der Waals surface area (Å²) in [6, 6.07) is 5.43. The van der Waals surface area contributed by atoms with Gasteiger partial charge < -0.3 is 5.32 Å². The lowest BCUT2D eigenvalue weighted by molar-refractivity contribution is -0.122. The maximum absolute atomic E-state index is 13.1. The lowest BCUT2D eigenvalue weighted by Gasteiger charge is -2.13. The topological polar surface area (TPSA) is 90.9 Å². The lowest BCUT2D eigenvalue weighted by atomic mass is 10.2. The van der Waals surface area contributed by atoms with E-state index >= 15 is 0 Å². The van der Waals surface area contributed by atoms with E-state index in [0.717, 1.165) is 4.57 Å². The predicted octanol–water partition coefficient (Wildman–Crippen LogP) is 0.609. The fourth-order valence-electron chi connectivity index (χ4n) is 2.87. The van der Waals surface area contributed by atoms with Gasteiger partial charge in [-0.3, -0.25) is 23.4 Å². The zero-order valence-corrected chi connectivity index (χ0v) is 15.3. The summed E-state index contributed by atoms with van der Waals surface area (Å²) in [6.45, 7) is 3.35. The molecule has 0 aliphatic heterocycles. The molecule has 0 saturated carbocycles. The highest BCUT2D eigenvalue weighted by Gasteiger charge is 2.18. The van der Waals surface area contributed by atoms with Crippen molar-refractivity contribution in [2.75, 3.05) is 0 Å². The molecule has 0 spiro atoms. The molecular weight excluding hydrogens is 353 g/mol. The van der Waals surface area contributed by atoms with Gasteiger partial charge >= 0.3 is 5.69 Å². The molecule has 1 amide bonds. The highest BCUT2D eigenvalue weighted by Crippen LogP contribution is 2.07. The highest BCUT2D eigenvalue weighted by atomic mass is 19.1. The fourth-order valence-corrected chi connectivity index (χ4v) is 2.87. The molecule has 2 heterocycles. The zero-order valence-electron chi connectivity index (χ0n) is 15.3. The van der Waals surface area contributed by atoms with Gasteiger partial charge in [0.2, 0.25) is 5.91 Å². The molecule has 0 aliphatic carbocycles. The number of carbonyl (C=O) groups excluding carboxylic acids is 1. The number of halogens is 1. The van der Waals surface area contributed by atoms with Gasteiger partial charge in [0.15, 0.2) is 5.52 Å². The Morgan fingerprint density at radius 1 is 1.19 bits per heavy atom. The normalized spacial score (nSPS) is 11.3. The Morgan fingerprint density at radius 2 is 1.85 bits per heavy atom. The first kappa shape index (κ1) is 18.6. The smallest absolute Gasteiger partial charge is 0.332 e. The second kappa shape index (κ2) is 7.18. The van der Waals surface area contributed by atoms with Gasteiger partial charge in [-0.25, -0.2) is 9.18 Å². The first-order valence-corrected chi connectivity index (χ1v) is 8.47. The Balaban J connectivity index is 2.13. The SMILES string of the molecule is CC(C)NC(=O)Cn1c(=O)n(Cc2ccc(F)cc2)c(=O)c2nn(C)cc21. The summed E-state index contributed by atoms with van der Waals surface area (Å²) in [5.74, 6) is -0.752. The Hall–Kier alpha value is -3.23. The molecule has 0 aliphatic rings. The van der Waals surface area contributed by atoms with Crippen LogP contribution in [0.3, 0.4) is 0 Å². The first-order chi connectivity index (χ1) is 12.8. The van der Waals surface area contributed by atoms with E-state index < -0.39 is 17.1 Å². The number of fused-ring (bicyclic) bond motifs is 1. The molecule has 1 N–H and O–H groups in total. The van der Waals surface area contributed by atoms with Gasteiger partial charge in [-0.1, -0.05) is 12.1 Å². The van der Waals surface area contributed by atoms with E-state index in [9.17, 15) is 18.8 Å². The van der Waals surface area contributed by atoms with Crippen molar-refractivity contribution in [1.82, 2.24) is 24.2 Å². The Kier molecular flexibility index (Phi) is 4.93. The molecule has 142 valence electrons. The van der Waals surface area contributed by atoms with Crippen LogP contribution < -0.4 is 16.6 Å². The van der Waals surface area contributed by atoms with Crippen LogP contribution in [0.1, 0.15) is 19.4 Å². The van der Waals surface area contributed by atoms with Gasteiger partial charge in [0.05, 0.1) is 12.1 Å². The minimum atomic E-state index is -0.622. The molecule has 1 aromatic carbocycles. The van der Waals surface area contributed by atoms with E-state index in [4.69, 9.17) is 0 Å². The molecule has 3 aromatic rings. The van der Waals surface area contributed by atoms with E-state index in [1.54, 1.807) is 7.05 Å². The summed E-state index contributed by atoms with van der Waals surface area (Å²) in [4.78, 5) is 37.9. The van der Waals surface area contributed by atoms with Crippen molar-refractivity contribution in [3.05, 3.63) is 62.7 Å². The van der Waals surface area contributed by atoms with Crippen LogP contribution in [-0.4, -0.2) is 30.9 Å². The molecule has 0 bridgehead atoms. The van der Waals surface area contributed by atoms with Gasteiger partial charge in [-0.15, -0.1) is 0 Å². The number of rotatable bonds is 5. The average molecular weight is 373 g/mol. The van der Waals surface area contributed by atoms with Crippen molar-refractivity contribution in [2.24, 2.45) is 7.05 Å². The lowest BCUT2D eigenvalue weighted by Crippen LogP contribution is -2.43. The minimum absolute atomic E-state index is 0.0454. The number of carbonyl (C=O) groups is 1. The van der Waals surface area contributed by atoms with Crippen LogP contribution in [0.25, 0.3) is 11.0 Å². The number of benzene rings is 1. The van der Waals surface area contributed by atoms with E-state index in [1.165, 1.54) is 39.7 Å². The third-order valence-electron chi connectivity index (χ3n) is 4.02. The Bertz CT molecular complexity index is 1110. The molecule has 9 heteroatoms. The number of aryl methyl sites for hydroxylation is 1. The van der Waals surface area contributed by atoms with Gasteiger partial charge in [0.1, 0.15) is 12.4 Å². The summed E-state index contributed by atoms with van der Waals surface area (Å²) < 4.78 is 16.8. The third-order valence-corrected chi connectivity index (χ3v) is 4.02. The fraction of sp³-hybridized carbons (Fsp3) is 0.333. The summed E-state index contributed by atoms with van der Waals surface area (Å²) in [5.41, 5.74) is -0.202. The van der Waals surface area contributed by atoms with Crippen LogP contribution >= 0.6 is 0 Å². The van der Waals surface area contributed by atoms with Gasteiger partial charge in [0.25, 0.3) is 5.56 Å². The number of hydrogen-bond acceptors (Lipinski definition) is 4. The van der Waals surface area contributed by atoms with Crippen LogP contribution in [0.15, 0.2) is 40.1 Å². The average Bonchev–Trinajstić information content (AvgIpc) is 2.98. The molecule has 8 nitrogen and oxygen atoms in total. The molecule has 0 radical (unpaired) electrons. The van der Waals surface area contributed by atoms with Crippen LogP contribution in [0.2, 0.25) is 0 Å². The number of nitrogens with zero attached hydrogens (tertiary/aromatic N) is 4. The van der Waals surface area contributed by atoms with Crippen LogP contribution in [-0.2, 0) is 24.9 Å². The molecule has 0 saturated heterocycles. The van der Waals surface area contributed by atoms with E-state index in [0.29, 0.717) is 11.1 Å². The quantitative estimate of drug-likeness (QED) is 0.709. The molecule has 0 unspecified atom stereocenters. The molecule has 27 heavy (non-hydrogen) atoms. The molecule has 0 fully saturated rings. The minimum Gasteiger partial charge on any atom is -0.352 e. The van der Waals surface area contributed by atoms with Crippen molar-refractivity contribution < 1.29 is 9.18 Å². The maximum atomic E-state index is 13.1. The second-order valence-corrected chi connectivity index (χ2v) is 6.65. The molecule has 0 atom stereocenters. The first-order valence-electron chi connectivity index (χ1n) is 8.47. The maximum Gasteiger partial charge on any atom is 0.332 e. The van der Waals surface area contributed by atoms with E-state index in [1.807, 2.05) is 13.8 Å². The van der Waals surface area contributed by atoms with Gasteiger partial charge in [0, 0.05) is 19.3 Å².